The highest BCUT2D eigenvalue weighted by atomic mass is 36.0. The zero-order chi connectivity index (χ0) is 21.2. The van der Waals surface area contributed by atoms with Crippen molar-refractivity contribution in [2.45, 2.75) is 12.5 Å². The molecular weight excluding hydrogens is 443 g/mol. The summed E-state index contributed by atoms with van der Waals surface area (Å²) in [4.78, 5) is 0. The Morgan fingerprint density at radius 3 is 1.50 bits per heavy atom. The molecule has 1 N–H and O–H groups in total. The van der Waals surface area contributed by atoms with Crippen molar-refractivity contribution in [2.24, 2.45) is 0 Å². The minimum Gasteiger partial charge on any atom is -0.490 e. The Bertz CT molecular complexity index is 632. The van der Waals surface area contributed by atoms with Gasteiger partial charge in [-0.15, -0.1) is 11.6 Å². The standard InChI is InChI=1S/C10H11ClO.C10H12O2.Cl2OS/c2*1-2-7-12-10-5-3-9(8-11)4-6-10;1-4(2)3/h2-6H,1,7-8H2;2-6,11H,1,7-8H2;. The van der Waals surface area contributed by atoms with Crippen LogP contribution in [-0.2, 0) is 21.7 Å². The predicted molar refractivity (Wildman–Crippen MR) is 120 cm³/mol. The lowest BCUT2D eigenvalue weighted by Gasteiger charge is -2.02. The summed E-state index contributed by atoms with van der Waals surface area (Å²) in [6.07, 6.45) is 3.41. The number of hydrogen-bond acceptors (Lipinski definition) is 4. The summed E-state index contributed by atoms with van der Waals surface area (Å²) in [5.74, 6) is 2.19. The third kappa shape index (κ3) is 14.5. The Balaban J connectivity index is 0.000000439. The minimum atomic E-state index is -1.67. The number of halogens is 3. The van der Waals surface area contributed by atoms with Gasteiger partial charge >= 0.3 is 0 Å². The summed E-state index contributed by atoms with van der Waals surface area (Å²) >= 11 is 5.63. The van der Waals surface area contributed by atoms with Crippen LogP contribution in [-0.4, -0.2) is 22.5 Å². The highest BCUT2D eigenvalue weighted by Crippen LogP contribution is 2.13. The first-order chi connectivity index (χ1) is 13.5. The molecule has 28 heavy (non-hydrogen) atoms. The molecule has 0 radical (unpaired) electrons. The van der Waals surface area contributed by atoms with Gasteiger partial charge in [0.1, 0.15) is 24.7 Å². The molecular formula is C20H23Cl3O4S. The van der Waals surface area contributed by atoms with E-state index in [4.69, 9.17) is 30.4 Å². The summed E-state index contributed by atoms with van der Waals surface area (Å²) in [7, 11) is 7.36. The topological polar surface area (TPSA) is 55.8 Å². The molecule has 0 spiro atoms. The largest absolute Gasteiger partial charge is 0.490 e. The number of hydrogen-bond donors (Lipinski definition) is 1. The van der Waals surface area contributed by atoms with Gasteiger partial charge in [0, 0.05) is 27.2 Å². The van der Waals surface area contributed by atoms with Gasteiger partial charge in [0.15, 0.2) is 0 Å². The Morgan fingerprint density at radius 2 is 1.21 bits per heavy atom. The van der Waals surface area contributed by atoms with Crippen LogP contribution in [0.3, 0.4) is 0 Å². The third-order valence-corrected chi connectivity index (χ3v) is 3.23. The van der Waals surface area contributed by atoms with Crippen LogP contribution in [0.25, 0.3) is 0 Å². The van der Waals surface area contributed by atoms with Crippen molar-refractivity contribution in [1.82, 2.24) is 0 Å². The third-order valence-electron chi connectivity index (χ3n) is 2.92. The van der Waals surface area contributed by atoms with E-state index in [-0.39, 0.29) is 6.61 Å². The molecule has 0 aliphatic heterocycles. The number of ether oxygens (including phenoxy) is 2. The number of aliphatic hydroxyl groups excluding tert-OH is 1. The second-order valence-electron chi connectivity index (χ2n) is 4.96. The first-order valence-corrected chi connectivity index (χ1v) is 11.4. The zero-order valence-electron chi connectivity index (χ0n) is 15.2. The van der Waals surface area contributed by atoms with Crippen molar-refractivity contribution >= 4 is 42.2 Å². The quantitative estimate of drug-likeness (QED) is 0.305. The van der Waals surface area contributed by atoms with Gasteiger partial charge in [0.25, 0.3) is 0 Å². The van der Waals surface area contributed by atoms with Crippen molar-refractivity contribution in [2.75, 3.05) is 13.2 Å². The van der Waals surface area contributed by atoms with Gasteiger partial charge in [-0.25, -0.2) is 4.21 Å². The smallest absolute Gasteiger partial charge is 0.211 e. The van der Waals surface area contributed by atoms with Crippen LogP contribution in [0.5, 0.6) is 11.5 Å². The van der Waals surface area contributed by atoms with E-state index < -0.39 is 9.23 Å². The number of aliphatic hydroxyl groups is 1. The molecule has 154 valence electrons. The zero-order valence-corrected chi connectivity index (χ0v) is 18.3. The predicted octanol–water partition coefficient (Wildman–Crippen LogP) is 5.78. The minimum absolute atomic E-state index is 0.0712. The molecule has 0 aliphatic rings. The van der Waals surface area contributed by atoms with Gasteiger partial charge in [-0.05, 0) is 35.4 Å². The lowest BCUT2D eigenvalue weighted by Crippen LogP contribution is -1.92. The highest BCUT2D eigenvalue weighted by molar-refractivity contribution is 8.26. The maximum Gasteiger partial charge on any atom is 0.211 e. The van der Waals surface area contributed by atoms with Crippen LogP contribution < -0.4 is 9.47 Å². The molecule has 0 bridgehead atoms. The second kappa shape index (κ2) is 17.6. The fourth-order valence-electron chi connectivity index (χ4n) is 1.68. The average Bonchev–Trinajstić information content (AvgIpc) is 2.71. The van der Waals surface area contributed by atoms with E-state index in [1.165, 1.54) is 0 Å². The SMILES string of the molecule is C=CCOc1ccc(CCl)cc1.C=CCOc1ccc(CO)cc1.O=S(Cl)Cl. The first-order valence-electron chi connectivity index (χ1n) is 8.03. The summed E-state index contributed by atoms with van der Waals surface area (Å²) in [6.45, 7) is 8.23. The average molecular weight is 466 g/mol. The van der Waals surface area contributed by atoms with E-state index in [0.717, 1.165) is 22.6 Å². The van der Waals surface area contributed by atoms with Gasteiger partial charge in [-0.1, -0.05) is 49.6 Å². The molecule has 2 aromatic rings. The van der Waals surface area contributed by atoms with Crippen molar-refractivity contribution in [1.29, 1.82) is 0 Å². The Hall–Kier alpha value is -1.50. The summed E-state index contributed by atoms with van der Waals surface area (Å²) in [6, 6.07) is 15.0. The van der Waals surface area contributed by atoms with Crippen molar-refractivity contribution in [3.05, 3.63) is 85.0 Å². The molecule has 0 saturated heterocycles. The summed E-state index contributed by atoms with van der Waals surface area (Å²) in [5.41, 5.74) is 1.99. The Morgan fingerprint density at radius 1 is 0.857 bits per heavy atom. The van der Waals surface area contributed by atoms with Gasteiger partial charge in [0.2, 0.25) is 9.23 Å². The van der Waals surface area contributed by atoms with Crippen LogP contribution in [0.2, 0.25) is 0 Å². The van der Waals surface area contributed by atoms with Crippen LogP contribution >= 0.6 is 33.0 Å². The normalized spacial score (nSPS) is 9.32. The molecule has 0 heterocycles. The molecule has 4 nitrogen and oxygen atoms in total. The summed E-state index contributed by atoms with van der Waals surface area (Å²) in [5, 5.41) is 8.75. The van der Waals surface area contributed by atoms with E-state index in [2.05, 4.69) is 34.5 Å². The van der Waals surface area contributed by atoms with Crippen molar-refractivity contribution in [3.63, 3.8) is 0 Å². The molecule has 0 fully saturated rings. The number of benzene rings is 2. The van der Waals surface area contributed by atoms with Gasteiger partial charge in [-0.3, -0.25) is 0 Å². The van der Waals surface area contributed by atoms with E-state index in [9.17, 15) is 0 Å². The molecule has 0 amide bonds. The van der Waals surface area contributed by atoms with Crippen LogP contribution in [0.1, 0.15) is 11.1 Å². The molecule has 2 rings (SSSR count). The number of alkyl halides is 1. The van der Waals surface area contributed by atoms with Crippen LogP contribution in [0.4, 0.5) is 0 Å². The van der Waals surface area contributed by atoms with E-state index >= 15 is 0 Å². The maximum absolute atomic E-state index is 9.09. The monoisotopic (exact) mass is 464 g/mol. The highest BCUT2D eigenvalue weighted by Gasteiger charge is 1.93. The fraction of sp³-hybridized carbons (Fsp3) is 0.200. The molecule has 8 heteroatoms. The fourth-order valence-corrected chi connectivity index (χ4v) is 1.85. The van der Waals surface area contributed by atoms with Crippen molar-refractivity contribution < 1.29 is 18.8 Å². The van der Waals surface area contributed by atoms with Crippen LogP contribution in [0, 0.1) is 0 Å². The molecule has 0 unspecified atom stereocenters. The molecule has 0 aromatic heterocycles. The molecule has 2 aromatic carbocycles. The van der Waals surface area contributed by atoms with Crippen molar-refractivity contribution in [3.8, 4) is 11.5 Å². The lowest BCUT2D eigenvalue weighted by molar-refractivity contribution is 0.281. The molecule has 0 atom stereocenters. The van der Waals surface area contributed by atoms with E-state index in [1.54, 1.807) is 12.2 Å². The van der Waals surface area contributed by atoms with Crippen LogP contribution in [0.15, 0.2) is 73.8 Å². The second-order valence-corrected chi connectivity index (χ2v) is 7.75. The molecule has 0 aliphatic carbocycles. The van der Waals surface area contributed by atoms with Gasteiger partial charge < -0.3 is 14.6 Å². The molecule has 0 saturated carbocycles. The maximum atomic E-state index is 9.09. The lowest BCUT2D eigenvalue weighted by atomic mass is 10.2. The summed E-state index contributed by atoms with van der Waals surface area (Å²) < 4.78 is 19.6. The first kappa shape index (κ1) is 26.5. The van der Waals surface area contributed by atoms with Gasteiger partial charge in [-0.2, -0.15) is 0 Å². The van der Waals surface area contributed by atoms with Gasteiger partial charge in [0.05, 0.1) is 6.61 Å². The van der Waals surface area contributed by atoms with E-state index in [1.807, 2.05) is 48.5 Å². The Labute approximate surface area is 182 Å². The van der Waals surface area contributed by atoms with E-state index in [0.29, 0.717) is 19.1 Å². The Kier molecular flexibility index (Phi) is 16.6. The number of rotatable bonds is 8.